The van der Waals surface area contributed by atoms with Gasteiger partial charge in [0.25, 0.3) is 0 Å². The molecule has 1 amide bonds. The molecule has 3 fully saturated rings. The van der Waals surface area contributed by atoms with Gasteiger partial charge in [-0.15, -0.1) is 0 Å². The molecule has 0 aromatic carbocycles. The van der Waals surface area contributed by atoms with Gasteiger partial charge in [0, 0.05) is 71.4 Å². The van der Waals surface area contributed by atoms with Crippen molar-refractivity contribution in [3.05, 3.63) is 11.9 Å². The average Bonchev–Trinajstić information content (AvgIpc) is 3.12. The summed E-state index contributed by atoms with van der Waals surface area (Å²) in [6.07, 6.45) is 1.75. The highest BCUT2D eigenvalue weighted by molar-refractivity contribution is 5.78. The van der Waals surface area contributed by atoms with Crippen molar-refractivity contribution < 1.29 is 9.53 Å². The van der Waals surface area contributed by atoms with Crippen LogP contribution in [0.15, 0.2) is 6.07 Å². The van der Waals surface area contributed by atoms with Crippen LogP contribution in [0.3, 0.4) is 0 Å². The first kappa shape index (κ1) is 18.4. The summed E-state index contributed by atoms with van der Waals surface area (Å²) in [7, 11) is 0. The highest BCUT2D eigenvalue weighted by Gasteiger charge is 2.23. The topological polar surface area (TPSA) is 65.0 Å². The van der Waals surface area contributed by atoms with Gasteiger partial charge in [0.2, 0.25) is 5.91 Å². The molecular formula is C19H30N6O2. The van der Waals surface area contributed by atoms with Crippen molar-refractivity contribution >= 4 is 17.5 Å². The standard InChI is InChI=1S/C19H30N6O2/c1-16-20-17(15-18(21-16)24-11-13-27-14-12-24)23-8-5-22(6-9-23)7-10-25-4-2-3-19(25)26/h15H,2-14H2,1H3. The summed E-state index contributed by atoms with van der Waals surface area (Å²) in [4.78, 5) is 30.2. The van der Waals surface area contributed by atoms with Gasteiger partial charge < -0.3 is 19.4 Å². The predicted molar refractivity (Wildman–Crippen MR) is 104 cm³/mol. The molecule has 4 heterocycles. The fourth-order valence-electron chi connectivity index (χ4n) is 4.06. The van der Waals surface area contributed by atoms with Gasteiger partial charge in [0.1, 0.15) is 17.5 Å². The van der Waals surface area contributed by atoms with E-state index in [2.05, 4.69) is 30.7 Å². The van der Waals surface area contributed by atoms with Crippen molar-refractivity contribution in [1.82, 2.24) is 19.8 Å². The van der Waals surface area contributed by atoms with E-state index in [9.17, 15) is 4.79 Å². The molecule has 8 heteroatoms. The number of carbonyl (C=O) groups excluding carboxylic acids is 1. The molecule has 0 saturated carbocycles. The normalized spacial score (nSPS) is 22.0. The number of hydrogen-bond donors (Lipinski definition) is 0. The van der Waals surface area contributed by atoms with Crippen LogP contribution in [0, 0.1) is 6.92 Å². The lowest BCUT2D eigenvalue weighted by Gasteiger charge is -2.36. The number of anilines is 2. The maximum absolute atomic E-state index is 11.8. The maximum Gasteiger partial charge on any atom is 0.222 e. The second kappa shape index (κ2) is 8.39. The summed E-state index contributed by atoms with van der Waals surface area (Å²) in [5, 5.41) is 0. The summed E-state index contributed by atoms with van der Waals surface area (Å²) < 4.78 is 5.45. The van der Waals surface area contributed by atoms with Gasteiger partial charge in [-0.25, -0.2) is 9.97 Å². The predicted octanol–water partition coefficient (Wildman–Crippen LogP) is 0.366. The quantitative estimate of drug-likeness (QED) is 0.738. The number of nitrogens with zero attached hydrogens (tertiary/aromatic N) is 6. The minimum atomic E-state index is 0.320. The van der Waals surface area contributed by atoms with E-state index in [-0.39, 0.29) is 0 Å². The lowest BCUT2D eigenvalue weighted by Crippen LogP contribution is -2.49. The number of carbonyl (C=O) groups is 1. The Labute approximate surface area is 161 Å². The van der Waals surface area contributed by atoms with Crippen molar-refractivity contribution in [3.63, 3.8) is 0 Å². The monoisotopic (exact) mass is 374 g/mol. The van der Waals surface area contributed by atoms with E-state index in [1.165, 1.54) is 0 Å². The van der Waals surface area contributed by atoms with E-state index in [0.29, 0.717) is 5.91 Å². The van der Waals surface area contributed by atoms with Crippen LogP contribution < -0.4 is 9.80 Å². The van der Waals surface area contributed by atoms with Crippen LogP contribution in [0.4, 0.5) is 11.6 Å². The number of likely N-dealkylation sites (tertiary alicyclic amines) is 1. The molecule has 0 bridgehead atoms. The Bertz CT molecular complexity index is 656. The van der Waals surface area contributed by atoms with Crippen LogP contribution in [0.5, 0.6) is 0 Å². The smallest absolute Gasteiger partial charge is 0.222 e. The Kier molecular flexibility index (Phi) is 5.73. The molecule has 0 atom stereocenters. The second-order valence-corrected chi connectivity index (χ2v) is 7.54. The number of piperazine rings is 1. The molecule has 1 aromatic heterocycles. The minimum absolute atomic E-state index is 0.320. The highest BCUT2D eigenvalue weighted by Crippen LogP contribution is 2.21. The number of aromatic nitrogens is 2. The zero-order chi connectivity index (χ0) is 18.6. The van der Waals surface area contributed by atoms with E-state index >= 15 is 0 Å². The Morgan fingerprint density at radius 1 is 0.926 bits per heavy atom. The van der Waals surface area contributed by atoms with Gasteiger partial charge in [0.05, 0.1) is 13.2 Å². The zero-order valence-corrected chi connectivity index (χ0v) is 16.3. The number of ether oxygens (including phenoxy) is 1. The molecule has 4 rings (SSSR count). The van der Waals surface area contributed by atoms with Crippen LogP contribution >= 0.6 is 0 Å². The molecule has 0 N–H and O–H groups in total. The second-order valence-electron chi connectivity index (χ2n) is 7.54. The van der Waals surface area contributed by atoms with Crippen LogP contribution in [0.2, 0.25) is 0 Å². The summed E-state index contributed by atoms with van der Waals surface area (Å²) in [5.74, 6) is 3.18. The van der Waals surface area contributed by atoms with E-state index in [0.717, 1.165) is 102 Å². The first-order chi connectivity index (χ1) is 13.2. The first-order valence-corrected chi connectivity index (χ1v) is 10.1. The third kappa shape index (κ3) is 4.50. The van der Waals surface area contributed by atoms with Gasteiger partial charge in [-0.3, -0.25) is 9.69 Å². The molecule has 0 radical (unpaired) electrons. The summed E-state index contributed by atoms with van der Waals surface area (Å²) >= 11 is 0. The molecule has 3 saturated heterocycles. The van der Waals surface area contributed by atoms with E-state index in [1.54, 1.807) is 0 Å². The number of hydrogen-bond acceptors (Lipinski definition) is 7. The summed E-state index contributed by atoms with van der Waals surface area (Å²) in [5.41, 5.74) is 0. The summed E-state index contributed by atoms with van der Waals surface area (Å²) in [6.45, 7) is 12.0. The van der Waals surface area contributed by atoms with Crippen LogP contribution in [-0.4, -0.2) is 97.8 Å². The van der Waals surface area contributed by atoms with Gasteiger partial charge in [-0.2, -0.15) is 0 Å². The molecule has 0 unspecified atom stereocenters. The van der Waals surface area contributed by atoms with E-state index < -0.39 is 0 Å². The molecule has 0 spiro atoms. The lowest BCUT2D eigenvalue weighted by molar-refractivity contribution is -0.127. The van der Waals surface area contributed by atoms with Crippen molar-refractivity contribution in [1.29, 1.82) is 0 Å². The fraction of sp³-hybridized carbons (Fsp3) is 0.737. The van der Waals surface area contributed by atoms with Crippen LogP contribution in [0.25, 0.3) is 0 Å². The van der Waals surface area contributed by atoms with Gasteiger partial charge in [-0.1, -0.05) is 0 Å². The molecule has 27 heavy (non-hydrogen) atoms. The zero-order valence-electron chi connectivity index (χ0n) is 16.3. The van der Waals surface area contributed by atoms with Gasteiger partial charge in [-0.05, 0) is 13.3 Å². The molecule has 3 aliphatic heterocycles. The van der Waals surface area contributed by atoms with Gasteiger partial charge in [0.15, 0.2) is 0 Å². The third-order valence-corrected chi connectivity index (χ3v) is 5.70. The van der Waals surface area contributed by atoms with E-state index in [4.69, 9.17) is 4.74 Å². The van der Waals surface area contributed by atoms with Crippen LogP contribution in [-0.2, 0) is 9.53 Å². The molecule has 3 aliphatic rings. The Balaban J connectivity index is 1.32. The minimum Gasteiger partial charge on any atom is -0.378 e. The third-order valence-electron chi connectivity index (χ3n) is 5.70. The number of amides is 1. The molecule has 0 aliphatic carbocycles. The molecule has 148 valence electrons. The lowest BCUT2D eigenvalue weighted by atomic mass is 10.3. The molecular weight excluding hydrogens is 344 g/mol. The Hall–Kier alpha value is -1.93. The average molecular weight is 374 g/mol. The largest absolute Gasteiger partial charge is 0.378 e. The summed E-state index contributed by atoms with van der Waals surface area (Å²) in [6, 6.07) is 2.12. The van der Waals surface area contributed by atoms with Crippen molar-refractivity contribution in [2.45, 2.75) is 19.8 Å². The molecule has 8 nitrogen and oxygen atoms in total. The number of rotatable bonds is 5. The maximum atomic E-state index is 11.8. The van der Waals surface area contributed by atoms with E-state index in [1.807, 2.05) is 11.8 Å². The number of morpholine rings is 1. The van der Waals surface area contributed by atoms with Crippen molar-refractivity contribution in [3.8, 4) is 0 Å². The highest BCUT2D eigenvalue weighted by atomic mass is 16.5. The Morgan fingerprint density at radius 2 is 1.59 bits per heavy atom. The molecule has 1 aromatic rings. The first-order valence-electron chi connectivity index (χ1n) is 10.1. The number of aryl methyl sites for hydroxylation is 1. The van der Waals surface area contributed by atoms with Crippen molar-refractivity contribution in [2.75, 3.05) is 81.9 Å². The van der Waals surface area contributed by atoms with Crippen LogP contribution in [0.1, 0.15) is 18.7 Å². The van der Waals surface area contributed by atoms with Gasteiger partial charge >= 0.3 is 0 Å². The SMILES string of the molecule is Cc1nc(N2CCOCC2)cc(N2CCN(CCN3CCCC3=O)CC2)n1. The Morgan fingerprint density at radius 3 is 2.22 bits per heavy atom. The van der Waals surface area contributed by atoms with Crippen molar-refractivity contribution in [2.24, 2.45) is 0 Å². The fourth-order valence-corrected chi connectivity index (χ4v) is 4.06.